The number of likely N-dealkylation sites (N-methyl/N-ethyl adjacent to an activating group) is 1. The highest BCUT2D eigenvalue weighted by Crippen LogP contribution is 2.29. The lowest BCUT2D eigenvalue weighted by atomic mass is 9.98. The van der Waals surface area contributed by atoms with E-state index in [1.165, 1.54) is 12.8 Å². The van der Waals surface area contributed by atoms with Crippen LogP contribution in [0.2, 0.25) is 0 Å². The van der Waals surface area contributed by atoms with Gasteiger partial charge in [0.1, 0.15) is 0 Å². The van der Waals surface area contributed by atoms with E-state index >= 15 is 0 Å². The van der Waals surface area contributed by atoms with Crippen molar-refractivity contribution < 1.29 is 4.79 Å². The van der Waals surface area contributed by atoms with Crippen LogP contribution >= 0.6 is 23.7 Å². The van der Waals surface area contributed by atoms with Crippen LogP contribution in [-0.4, -0.2) is 45.4 Å². The van der Waals surface area contributed by atoms with Gasteiger partial charge in [0.2, 0.25) is 5.91 Å². The SMILES string of the molecule is CN(C(=O)Cc1cn2ccsc2n1)C1CC2CCC(C1)N2.Cl. The second-order valence-corrected chi connectivity index (χ2v) is 7.14. The average Bonchev–Trinajstić information content (AvgIpc) is 3.13. The molecule has 120 valence electrons. The number of rotatable bonds is 3. The maximum atomic E-state index is 12.5. The van der Waals surface area contributed by atoms with Gasteiger partial charge in [-0.1, -0.05) is 0 Å². The van der Waals surface area contributed by atoms with Crippen LogP contribution in [0.5, 0.6) is 0 Å². The quantitative estimate of drug-likeness (QED) is 0.931. The number of aromatic nitrogens is 2. The monoisotopic (exact) mass is 340 g/mol. The van der Waals surface area contributed by atoms with Crippen LogP contribution in [0.25, 0.3) is 4.96 Å². The summed E-state index contributed by atoms with van der Waals surface area (Å²) in [5.74, 6) is 0.187. The van der Waals surface area contributed by atoms with Crippen molar-refractivity contribution >= 4 is 34.6 Å². The van der Waals surface area contributed by atoms with E-state index < -0.39 is 0 Å². The molecule has 2 fully saturated rings. The fourth-order valence-corrected chi connectivity index (χ4v) is 4.41. The van der Waals surface area contributed by atoms with E-state index in [4.69, 9.17) is 0 Å². The minimum absolute atomic E-state index is 0. The summed E-state index contributed by atoms with van der Waals surface area (Å²) >= 11 is 1.60. The van der Waals surface area contributed by atoms with Gasteiger partial charge in [0.15, 0.2) is 4.96 Å². The summed E-state index contributed by atoms with van der Waals surface area (Å²) < 4.78 is 1.98. The lowest BCUT2D eigenvalue weighted by Gasteiger charge is -2.35. The number of halogens is 1. The molecule has 2 atom stereocenters. The summed E-state index contributed by atoms with van der Waals surface area (Å²) in [6, 6.07) is 1.61. The molecule has 2 saturated heterocycles. The van der Waals surface area contributed by atoms with Gasteiger partial charge < -0.3 is 10.2 Å². The van der Waals surface area contributed by atoms with Crippen LogP contribution in [0.15, 0.2) is 17.8 Å². The van der Waals surface area contributed by atoms with Crippen molar-refractivity contribution in [1.82, 2.24) is 19.6 Å². The Balaban J connectivity index is 0.00000144. The summed E-state index contributed by atoms with van der Waals surface area (Å²) in [7, 11) is 1.95. The zero-order chi connectivity index (χ0) is 14.4. The highest BCUT2D eigenvalue weighted by atomic mass is 35.5. The Morgan fingerprint density at radius 1 is 1.45 bits per heavy atom. The first kappa shape index (κ1) is 15.8. The zero-order valence-electron chi connectivity index (χ0n) is 12.6. The van der Waals surface area contributed by atoms with Crippen LogP contribution in [0, 0.1) is 0 Å². The van der Waals surface area contributed by atoms with Gasteiger partial charge in [-0.25, -0.2) is 4.98 Å². The highest BCUT2D eigenvalue weighted by Gasteiger charge is 2.36. The van der Waals surface area contributed by atoms with Crippen LogP contribution < -0.4 is 5.32 Å². The molecule has 7 heteroatoms. The van der Waals surface area contributed by atoms with E-state index in [0.29, 0.717) is 24.5 Å². The minimum atomic E-state index is 0. The third-order valence-electron chi connectivity index (χ3n) is 4.86. The molecule has 2 bridgehead atoms. The van der Waals surface area contributed by atoms with Crippen LogP contribution in [-0.2, 0) is 11.2 Å². The summed E-state index contributed by atoms with van der Waals surface area (Å²) in [4.78, 5) is 19.9. The Kier molecular flexibility index (Phi) is 4.43. The smallest absolute Gasteiger partial charge is 0.228 e. The molecule has 4 heterocycles. The van der Waals surface area contributed by atoms with Crippen molar-refractivity contribution in [3.05, 3.63) is 23.5 Å². The summed E-state index contributed by atoms with van der Waals surface area (Å²) in [6.07, 6.45) is 9.07. The number of amides is 1. The molecule has 2 unspecified atom stereocenters. The standard InChI is InChI=1S/C15H20N4OS.ClH/c1-18(13-6-10-2-3-11(7-13)16-10)14(20)8-12-9-19-4-5-21-15(19)17-12;/h4-5,9-11,13,16H,2-3,6-8H2,1H3;1H. The molecule has 1 N–H and O–H groups in total. The first-order chi connectivity index (χ1) is 10.2. The molecule has 22 heavy (non-hydrogen) atoms. The number of nitrogens with zero attached hydrogens (tertiary/aromatic N) is 3. The molecule has 2 aliphatic heterocycles. The van der Waals surface area contributed by atoms with Crippen molar-refractivity contribution in [3.63, 3.8) is 0 Å². The number of fused-ring (bicyclic) bond motifs is 3. The van der Waals surface area contributed by atoms with Gasteiger partial charge in [-0.05, 0) is 25.7 Å². The molecule has 2 aromatic rings. The van der Waals surface area contributed by atoms with Crippen molar-refractivity contribution in [3.8, 4) is 0 Å². The molecule has 1 amide bonds. The lowest BCUT2D eigenvalue weighted by molar-refractivity contribution is -0.132. The fourth-order valence-electron chi connectivity index (χ4n) is 3.69. The number of hydrogen-bond acceptors (Lipinski definition) is 4. The first-order valence-electron chi connectivity index (χ1n) is 7.62. The van der Waals surface area contributed by atoms with Crippen LogP contribution in [0.4, 0.5) is 0 Å². The first-order valence-corrected chi connectivity index (χ1v) is 8.50. The number of carbonyl (C=O) groups is 1. The molecule has 0 aliphatic carbocycles. The Bertz CT molecular complexity index is 629. The second kappa shape index (κ2) is 6.18. The largest absolute Gasteiger partial charge is 0.342 e. The van der Waals surface area contributed by atoms with Crippen LogP contribution in [0.1, 0.15) is 31.4 Å². The normalized spacial score (nSPS) is 26.9. The number of hydrogen-bond donors (Lipinski definition) is 1. The van der Waals surface area contributed by atoms with Gasteiger partial charge in [0.25, 0.3) is 0 Å². The molecule has 0 aromatic carbocycles. The predicted molar refractivity (Wildman–Crippen MR) is 89.8 cm³/mol. The number of thiazole rings is 1. The highest BCUT2D eigenvalue weighted by molar-refractivity contribution is 7.15. The van der Waals surface area contributed by atoms with Gasteiger partial charge in [-0.3, -0.25) is 9.20 Å². The van der Waals surface area contributed by atoms with Gasteiger partial charge in [0, 0.05) is 42.9 Å². The molecule has 0 spiro atoms. The topological polar surface area (TPSA) is 49.6 Å². The Morgan fingerprint density at radius 3 is 2.86 bits per heavy atom. The van der Waals surface area contributed by atoms with E-state index in [-0.39, 0.29) is 18.3 Å². The third kappa shape index (κ3) is 2.87. The van der Waals surface area contributed by atoms with Crippen molar-refractivity contribution in [2.75, 3.05) is 7.05 Å². The molecule has 0 saturated carbocycles. The Labute approximate surface area is 140 Å². The summed E-state index contributed by atoms with van der Waals surface area (Å²) in [5, 5.41) is 5.63. The van der Waals surface area contributed by atoms with E-state index in [2.05, 4.69) is 10.3 Å². The van der Waals surface area contributed by atoms with E-state index in [0.717, 1.165) is 23.5 Å². The van der Waals surface area contributed by atoms with Gasteiger partial charge in [-0.2, -0.15) is 0 Å². The average molecular weight is 341 g/mol. The number of carbonyl (C=O) groups excluding carboxylic acids is 1. The fraction of sp³-hybridized carbons (Fsp3) is 0.600. The summed E-state index contributed by atoms with van der Waals surface area (Å²) in [5.41, 5.74) is 0.871. The van der Waals surface area contributed by atoms with Crippen LogP contribution in [0.3, 0.4) is 0 Å². The second-order valence-electron chi connectivity index (χ2n) is 6.27. The van der Waals surface area contributed by atoms with E-state index in [9.17, 15) is 4.79 Å². The Hall–Kier alpha value is -1.11. The van der Waals surface area contributed by atoms with Crippen molar-refractivity contribution in [1.29, 1.82) is 0 Å². The third-order valence-corrected chi connectivity index (χ3v) is 5.64. The minimum Gasteiger partial charge on any atom is -0.342 e. The van der Waals surface area contributed by atoms with Gasteiger partial charge >= 0.3 is 0 Å². The van der Waals surface area contributed by atoms with Crippen molar-refractivity contribution in [2.24, 2.45) is 0 Å². The molecule has 0 radical (unpaired) electrons. The Morgan fingerprint density at radius 2 is 2.18 bits per heavy atom. The lowest BCUT2D eigenvalue weighted by Crippen LogP contribution is -2.49. The van der Waals surface area contributed by atoms with Gasteiger partial charge in [0.05, 0.1) is 12.1 Å². The van der Waals surface area contributed by atoms with E-state index in [1.807, 2.05) is 34.1 Å². The number of piperidine rings is 1. The zero-order valence-corrected chi connectivity index (χ0v) is 14.2. The number of imidazole rings is 1. The molecular formula is C15H21ClN4OS. The maximum absolute atomic E-state index is 12.5. The molecular weight excluding hydrogens is 320 g/mol. The molecule has 4 rings (SSSR count). The summed E-state index contributed by atoms with van der Waals surface area (Å²) in [6.45, 7) is 0. The molecule has 2 aliphatic rings. The van der Waals surface area contributed by atoms with Gasteiger partial charge in [-0.15, -0.1) is 23.7 Å². The predicted octanol–water partition coefficient (Wildman–Crippen LogP) is 2.10. The number of nitrogens with one attached hydrogen (secondary N) is 1. The molecule has 5 nitrogen and oxygen atoms in total. The van der Waals surface area contributed by atoms with E-state index in [1.54, 1.807) is 11.3 Å². The molecule has 2 aromatic heterocycles. The van der Waals surface area contributed by atoms with Crippen molar-refractivity contribution in [2.45, 2.75) is 50.2 Å². The maximum Gasteiger partial charge on any atom is 0.228 e.